The Bertz CT molecular complexity index is 446. The van der Waals surface area contributed by atoms with E-state index in [0.717, 1.165) is 17.7 Å². The summed E-state index contributed by atoms with van der Waals surface area (Å²) < 4.78 is 4.55. The zero-order chi connectivity index (χ0) is 14.3. The van der Waals surface area contributed by atoms with Gasteiger partial charge in [-0.3, -0.25) is 4.79 Å². The van der Waals surface area contributed by atoms with E-state index in [1.54, 1.807) is 6.92 Å². The van der Waals surface area contributed by atoms with Crippen LogP contribution < -0.4 is 10.6 Å². The fourth-order valence-corrected chi connectivity index (χ4v) is 1.72. The summed E-state index contributed by atoms with van der Waals surface area (Å²) in [6.45, 7) is 3.78. The molecule has 104 valence electrons. The standard InChI is InChI=1S/C14H20N2O3/c1-4-11-7-5-6-8-12(11)16-14(18)15-10(2)9-13(17)19-3/h5-8,10H,4,9H2,1-3H3,(H2,15,16,18)/t10-/m1/s1. The van der Waals surface area contributed by atoms with E-state index in [4.69, 9.17) is 0 Å². The summed E-state index contributed by atoms with van der Waals surface area (Å²) in [5.74, 6) is -0.346. The molecule has 0 aliphatic rings. The number of urea groups is 1. The zero-order valence-corrected chi connectivity index (χ0v) is 11.5. The van der Waals surface area contributed by atoms with Crippen LogP contribution in [0.15, 0.2) is 24.3 Å². The second-order valence-electron chi connectivity index (χ2n) is 4.29. The van der Waals surface area contributed by atoms with Crippen molar-refractivity contribution in [2.24, 2.45) is 0 Å². The van der Waals surface area contributed by atoms with Crippen molar-refractivity contribution in [1.29, 1.82) is 0 Å². The molecule has 1 aromatic rings. The van der Waals surface area contributed by atoms with Crippen LogP contribution in [-0.4, -0.2) is 25.2 Å². The van der Waals surface area contributed by atoms with Crippen molar-refractivity contribution in [1.82, 2.24) is 5.32 Å². The minimum absolute atomic E-state index is 0.152. The summed E-state index contributed by atoms with van der Waals surface area (Å²) in [4.78, 5) is 22.9. The van der Waals surface area contributed by atoms with Crippen molar-refractivity contribution in [3.8, 4) is 0 Å². The first-order chi connectivity index (χ1) is 9.06. The minimum Gasteiger partial charge on any atom is -0.469 e. The van der Waals surface area contributed by atoms with Gasteiger partial charge < -0.3 is 15.4 Å². The molecule has 2 N–H and O–H groups in total. The molecule has 0 saturated heterocycles. The Morgan fingerprint density at radius 2 is 2.00 bits per heavy atom. The highest BCUT2D eigenvalue weighted by atomic mass is 16.5. The molecule has 1 rings (SSSR count). The van der Waals surface area contributed by atoms with E-state index in [-0.39, 0.29) is 24.5 Å². The molecule has 5 heteroatoms. The third kappa shape index (κ3) is 4.99. The van der Waals surface area contributed by atoms with Crippen LogP contribution in [-0.2, 0) is 16.0 Å². The number of ether oxygens (including phenoxy) is 1. The zero-order valence-electron chi connectivity index (χ0n) is 11.5. The van der Waals surface area contributed by atoms with Crippen LogP contribution in [0, 0.1) is 0 Å². The van der Waals surface area contributed by atoms with E-state index in [1.807, 2.05) is 31.2 Å². The highest BCUT2D eigenvalue weighted by Gasteiger charge is 2.12. The topological polar surface area (TPSA) is 67.4 Å². The first kappa shape index (κ1) is 15.0. The first-order valence-corrected chi connectivity index (χ1v) is 6.29. The molecule has 1 atom stereocenters. The van der Waals surface area contributed by atoms with E-state index < -0.39 is 0 Å². The minimum atomic E-state index is -0.346. The Morgan fingerprint density at radius 3 is 2.63 bits per heavy atom. The molecular formula is C14H20N2O3. The van der Waals surface area contributed by atoms with E-state index in [9.17, 15) is 9.59 Å². The van der Waals surface area contributed by atoms with Crippen LogP contribution in [0.25, 0.3) is 0 Å². The molecule has 0 radical (unpaired) electrons. The quantitative estimate of drug-likeness (QED) is 0.802. The highest BCUT2D eigenvalue weighted by molar-refractivity contribution is 5.90. The van der Waals surface area contributed by atoms with Gasteiger partial charge in [-0.2, -0.15) is 0 Å². The molecular weight excluding hydrogens is 244 g/mol. The maximum Gasteiger partial charge on any atom is 0.319 e. The molecule has 0 spiro atoms. The van der Waals surface area contributed by atoms with Gasteiger partial charge in [0.1, 0.15) is 0 Å². The molecule has 0 unspecified atom stereocenters. The van der Waals surface area contributed by atoms with E-state index >= 15 is 0 Å². The van der Waals surface area contributed by atoms with Gasteiger partial charge in [-0.15, -0.1) is 0 Å². The Kier molecular flexibility index (Phi) is 5.85. The Morgan fingerprint density at radius 1 is 1.32 bits per heavy atom. The van der Waals surface area contributed by atoms with Crippen LogP contribution >= 0.6 is 0 Å². The lowest BCUT2D eigenvalue weighted by Gasteiger charge is -2.15. The SMILES string of the molecule is CCc1ccccc1NC(=O)N[C@H](C)CC(=O)OC. The van der Waals surface area contributed by atoms with E-state index in [2.05, 4.69) is 15.4 Å². The number of para-hydroxylation sites is 1. The van der Waals surface area contributed by atoms with E-state index in [1.165, 1.54) is 7.11 Å². The van der Waals surface area contributed by atoms with Gasteiger partial charge in [-0.05, 0) is 25.0 Å². The summed E-state index contributed by atoms with van der Waals surface area (Å²) >= 11 is 0. The molecule has 2 amide bonds. The molecule has 0 aliphatic heterocycles. The number of rotatable bonds is 5. The lowest BCUT2D eigenvalue weighted by molar-refractivity contribution is -0.141. The lowest BCUT2D eigenvalue weighted by atomic mass is 10.1. The lowest BCUT2D eigenvalue weighted by Crippen LogP contribution is -2.37. The Labute approximate surface area is 113 Å². The number of hydrogen-bond donors (Lipinski definition) is 2. The monoisotopic (exact) mass is 264 g/mol. The predicted molar refractivity (Wildman–Crippen MR) is 74.1 cm³/mol. The maximum atomic E-state index is 11.8. The van der Waals surface area contributed by atoms with Crippen LogP contribution in [0.4, 0.5) is 10.5 Å². The Hall–Kier alpha value is -2.04. The van der Waals surface area contributed by atoms with Gasteiger partial charge in [0.05, 0.1) is 13.5 Å². The second kappa shape index (κ2) is 7.41. The Balaban J connectivity index is 2.53. The number of carbonyl (C=O) groups is 2. The molecule has 0 heterocycles. The summed E-state index contributed by atoms with van der Waals surface area (Å²) in [6, 6.07) is 7.02. The fourth-order valence-electron chi connectivity index (χ4n) is 1.72. The maximum absolute atomic E-state index is 11.8. The van der Waals surface area contributed by atoms with Crippen LogP contribution in [0.2, 0.25) is 0 Å². The third-order valence-electron chi connectivity index (χ3n) is 2.72. The average Bonchev–Trinajstić information content (AvgIpc) is 2.38. The molecule has 0 saturated carbocycles. The molecule has 0 aliphatic carbocycles. The molecule has 5 nitrogen and oxygen atoms in total. The highest BCUT2D eigenvalue weighted by Crippen LogP contribution is 2.15. The number of esters is 1. The van der Waals surface area contributed by atoms with Gasteiger partial charge in [0.25, 0.3) is 0 Å². The van der Waals surface area contributed by atoms with Crippen molar-refractivity contribution in [2.75, 3.05) is 12.4 Å². The molecule has 0 aromatic heterocycles. The molecule has 0 bridgehead atoms. The number of anilines is 1. The van der Waals surface area contributed by atoms with Crippen LogP contribution in [0.3, 0.4) is 0 Å². The second-order valence-corrected chi connectivity index (χ2v) is 4.29. The summed E-state index contributed by atoms with van der Waals surface area (Å²) in [5.41, 5.74) is 1.85. The smallest absolute Gasteiger partial charge is 0.319 e. The molecule has 19 heavy (non-hydrogen) atoms. The number of nitrogens with one attached hydrogen (secondary N) is 2. The fraction of sp³-hybridized carbons (Fsp3) is 0.429. The number of aryl methyl sites for hydroxylation is 1. The van der Waals surface area contributed by atoms with Gasteiger partial charge >= 0.3 is 12.0 Å². The van der Waals surface area contributed by atoms with Crippen molar-refractivity contribution in [3.05, 3.63) is 29.8 Å². The van der Waals surface area contributed by atoms with Gasteiger partial charge in [-0.25, -0.2) is 4.79 Å². The average molecular weight is 264 g/mol. The van der Waals surface area contributed by atoms with Crippen molar-refractivity contribution >= 4 is 17.7 Å². The summed E-state index contributed by atoms with van der Waals surface area (Å²) in [7, 11) is 1.33. The van der Waals surface area contributed by atoms with Gasteiger partial charge in [-0.1, -0.05) is 25.1 Å². The van der Waals surface area contributed by atoms with Crippen molar-refractivity contribution in [2.45, 2.75) is 32.7 Å². The molecule has 0 fully saturated rings. The van der Waals surface area contributed by atoms with Crippen LogP contribution in [0.5, 0.6) is 0 Å². The number of carbonyl (C=O) groups excluding carboxylic acids is 2. The van der Waals surface area contributed by atoms with Crippen molar-refractivity contribution in [3.63, 3.8) is 0 Å². The van der Waals surface area contributed by atoms with Gasteiger partial charge in [0.2, 0.25) is 0 Å². The molecule has 1 aromatic carbocycles. The largest absolute Gasteiger partial charge is 0.469 e. The summed E-state index contributed by atoms with van der Waals surface area (Å²) in [5, 5.41) is 5.48. The summed E-state index contributed by atoms with van der Waals surface area (Å²) in [6.07, 6.45) is 0.994. The number of amides is 2. The van der Waals surface area contributed by atoms with Crippen LogP contribution in [0.1, 0.15) is 25.8 Å². The van der Waals surface area contributed by atoms with Crippen molar-refractivity contribution < 1.29 is 14.3 Å². The third-order valence-corrected chi connectivity index (χ3v) is 2.72. The van der Waals surface area contributed by atoms with Gasteiger partial charge in [0.15, 0.2) is 0 Å². The predicted octanol–water partition coefficient (Wildman–Crippen LogP) is 2.32. The van der Waals surface area contributed by atoms with E-state index in [0.29, 0.717) is 0 Å². The number of methoxy groups -OCH3 is 1. The number of hydrogen-bond acceptors (Lipinski definition) is 3. The van der Waals surface area contributed by atoms with Gasteiger partial charge in [0, 0.05) is 11.7 Å². The number of benzene rings is 1. The normalized spacial score (nSPS) is 11.5. The first-order valence-electron chi connectivity index (χ1n) is 6.29.